The minimum Gasteiger partial charge on any atom is -0.386 e. The number of β-amino-alcohol motifs (C(OH)–C–C–N with tert-alkyl or cyclic N) is 1. The zero-order valence-corrected chi connectivity index (χ0v) is 11.0. The van der Waals surface area contributed by atoms with Crippen molar-refractivity contribution in [3.05, 3.63) is 33.3 Å². The van der Waals surface area contributed by atoms with Crippen molar-refractivity contribution in [2.24, 2.45) is 5.92 Å². The second-order valence-electron chi connectivity index (χ2n) is 4.98. The number of nitro benzene ring substituents is 1. The second-order valence-corrected chi connectivity index (χ2v) is 5.39. The Bertz CT molecular complexity index is 484. The fraction of sp³-hybridized carbons (Fsp3) is 0.500. The van der Waals surface area contributed by atoms with Crippen LogP contribution in [0.25, 0.3) is 0 Å². The first-order valence-corrected chi connectivity index (χ1v) is 6.13. The Morgan fingerprint density at radius 2 is 2.11 bits per heavy atom. The average molecular weight is 271 g/mol. The fourth-order valence-electron chi connectivity index (χ4n) is 2.10. The number of nitrogens with zero attached hydrogens (tertiary/aromatic N) is 2. The molecule has 1 aliphatic heterocycles. The maximum atomic E-state index is 11.0. The maximum Gasteiger partial charge on any atom is 0.294 e. The van der Waals surface area contributed by atoms with Gasteiger partial charge < -0.3 is 10.0 Å². The molecule has 0 saturated carbocycles. The van der Waals surface area contributed by atoms with Gasteiger partial charge in [-0.15, -0.1) is 0 Å². The van der Waals surface area contributed by atoms with Crippen LogP contribution < -0.4 is 4.90 Å². The molecule has 1 heterocycles. The molecule has 1 fully saturated rings. The summed E-state index contributed by atoms with van der Waals surface area (Å²) in [5, 5.41) is 21.5. The Kier molecular flexibility index (Phi) is 3.21. The van der Waals surface area contributed by atoms with E-state index in [0.29, 0.717) is 23.8 Å². The molecule has 0 aliphatic carbocycles. The zero-order chi connectivity index (χ0) is 13.5. The maximum absolute atomic E-state index is 11.0. The summed E-state index contributed by atoms with van der Waals surface area (Å²) in [6.07, 6.45) is 0. The van der Waals surface area contributed by atoms with Crippen LogP contribution in [0.5, 0.6) is 0 Å². The molecule has 0 spiro atoms. The van der Waals surface area contributed by atoms with Gasteiger partial charge in [-0.25, -0.2) is 0 Å². The van der Waals surface area contributed by atoms with Crippen LogP contribution in [0.15, 0.2) is 18.2 Å². The number of hydrogen-bond acceptors (Lipinski definition) is 4. The predicted molar refractivity (Wildman–Crippen MR) is 70.1 cm³/mol. The molecular formula is C12H15ClN2O3. The monoisotopic (exact) mass is 270 g/mol. The summed E-state index contributed by atoms with van der Waals surface area (Å²) in [6.45, 7) is 4.60. The van der Waals surface area contributed by atoms with Gasteiger partial charge in [-0.3, -0.25) is 10.1 Å². The number of rotatable bonds is 3. The smallest absolute Gasteiger partial charge is 0.294 e. The molecule has 1 saturated heterocycles. The Labute approximate surface area is 110 Å². The van der Waals surface area contributed by atoms with E-state index in [4.69, 9.17) is 11.6 Å². The van der Waals surface area contributed by atoms with Crippen LogP contribution >= 0.6 is 11.6 Å². The minimum atomic E-state index is -0.785. The van der Waals surface area contributed by atoms with Gasteiger partial charge in [0.2, 0.25) is 0 Å². The molecule has 18 heavy (non-hydrogen) atoms. The number of anilines is 1. The number of aliphatic hydroxyl groups is 1. The molecule has 5 nitrogen and oxygen atoms in total. The van der Waals surface area contributed by atoms with Gasteiger partial charge in [0, 0.05) is 19.2 Å². The molecule has 0 atom stereocenters. The highest BCUT2D eigenvalue weighted by atomic mass is 35.5. The molecule has 1 aliphatic rings. The van der Waals surface area contributed by atoms with Crippen LogP contribution in [0.4, 0.5) is 11.4 Å². The van der Waals surface area contributed by atoms with Gasteiger partial charge in [-0.05, 0) is 12.0 Å². The first kappa shape index (κ1) is 13.1. The van der Waals surface area contributed by atoms with Crippen LogP contribution in [-0.4, -0.2) is 28.7 Å². The first-order valence-electron chi connectivity index (χ1n) is 5.75. The SMILES string of the molecule is CC(C)C1(O)CN(c2c(Cl)cccc2[N+](=O)[O-])C1. The highest BCUT2D eigenvalue weighted by Gasteiger charge is 2.46. The molecule has 1 N–H and O–H groups in total. The topological polar surface area (TPSA) is 66.6 Å². The molecular weight excluding hydrogens is 256 g/mol. The van der Waals surface area contributed by atoms with Gasteiger partial charge in [0.1, 0.15) is 11.3 Å². The molecule has 6 heteroatoms. The van der Waals surface area contributed by atoms with Crippen molar-refractivity contribution in [1.29, 1.82) is 0 Å². The molecule has 98 valence electrons. The van der Waals surface area contributed by atoms with Gasteiger partial charge in [-0.1, -0.05) is 31.5 Å². The quantitative estimate of drug-likeness (QED) is 0.677. The van der Waals surface area contributed by atoms with E-state index in [1.165, 1.54) is 6.07 Å². The molecule has 1 aromatic rings. The van der Waals surface area contributed by atoms with Gasteiger partial charge in [0.25, 0.3) is 5.69 Å². The highest BCUT2D eigenvalue weighted by molar-refractivity contribution is 6.33. The zero-order valence-electron chi connectivity index (χ0n) is 10.3. The third-order valence-corrected chi connectivity index (χ3v) is 3.79. The van der Waals surface area contributed by atoms with E-state index < -0.39 is 10.5 Å². The van der Waals surface area contributed by atoms with Crippen molar-refractivity contribution in [3.8, 4) is 0 Å². The Morgan fingerprint density at radius 1 is 1.50 bits per heavy atom. The van der Waals surface area contributed by atoms with Gasteiger partial charge in [0.05, 0.1) is 9.95 Å². The normalized spacial score (nSPS) is 17.7. The van der Waals surface area contributed by atoms with Crippen LogP contribution in [0.2, 0.25) is 5.02 Å². The first-order chi connectivity index (χ1) is 8.35. The number of nitro groups is 1. The van der Waals surface area contributed by atoms with Gasteiger partial charge in [0.15, 0.2) is 0 Å². The number of hydrogen-bond donors (Lipinski definition) is 1. The second kappa shape index (κ2) is 4.40. The lowest BCUT2D eigenvalue weighted by Gasteiger charge is -2.50. The number of para-hydroxylation sites is 1. The van der Waals surface area contributed by atoms with E-state index in [2.05, 4.69) is 0 Å². The lowest BCUT2D eigenvalue weighted by atomic mass is 9.82. The minimum absolute atomic E-state index is 0.0201. The summed E-state index contributed by atoms with van der Waals surface area (Å²) in [6, 6.07) is 4.60. The third kappa shape index (κ3) is 2.04. The molecule has 1 aromatic carbocycles. The average Bonchev–Trinajstić information content (AvgIpc) is 2.24. The summed E-state index contributed by atoms with van der Waals surface area (Å²) in [5.41, 5.74) is -0.407. The lowest BCUT2D eigenvalue weighted by molar-refractivity contribution is -0.384. The molecule has 0 aromatic heterocycles. The molecule has 0 amide bonds. The Morgan fingerprint density at radius 3 is 2.61 bits per heavy atom. The van der Waals surface area contributed by atoms with Crippen molar-refractivity contribution in [1.82, 2.24) is 0 Å². The van der Waals surface area contributed by atoms with Crippen LogP contribution in [-0.2, 0) is 0 Å². The van der Waals surface area contributed by atoms with E-state index in [0.717, 1.165) is 0 Å². The lowest BCUT2D eigenvalue weighted by Crippen LogP contribution is -2.64. The summed E-state index contributed by atoms with van der Waals surface area (Å²) in [7, 11) is 0. The predicted octanol–water partition coefficient (Wildman–Crippen LogP) is 2.46. The number of halogens is 1. The van der Waals surface area contributed by atoms with Crippen molar-refractivity contribution in [2.75, 3.05) is 18.0 Å². The molecule has 0 bridgehead atoms. The highest BCUT2D eigenvalue weighted by Crippen LogP contribution is 2.41. The molecule has 0 radical (unpaired) electrons. The number of benzene rings is 1. The summed E-state index contributed by atoms with van der Waals surface area (Å²) in [4.78, 5) is 12.3. The summed E-state index contributed by atoms with van der Waals surface area (Å²) < 4.78 is 0. The van der Waals surface area contributed by atoms with Crippen molar-refractivity contribution in [2.45, 2.75) is 19.4 Å². The Balaban J connectivity index is 2.29. The van der Waals surface area contributed by atoms with E-state index >= 15 is 0 Å². The van der Waals surface area contributed by atoms with Gasteiger partial charge in [-0.2, -0.15) is 0 Å². The Hall–Kier alpha value is -1.33. The summed E-state index contributed by atoms with van der Waals surface area (Å²) >= 11 is 6.03. The van der Waals surface area contributed by atoms with Gasteiger partial charge >= 0.3 is 0 Å². The summed E-state index contributed by atoms with van der Waals surface area (Å²) in [5.74, 6) is 0.107. The van der Waals surface area contributed by atoms with Crippen LogP contribution in [0.1, 0.15) is 13.8 Å². The molecule has 0 unspecified atom stereocenters. The van der Waals surface area contributed by atoms with E-state index in [-0.39, 0.29) is 11.6 Å². The van der Waals surface area contributed by atoms with Crippen molar-refractivity contribution in [3.63, 3.8) is 0 Å². The largest absolute Gasteiger partial charge is 0.386 e. The van der Waals surface area contributed by atoms with Crippen LogP contribution in [0.3, 0.4) is 0 Å². The fourth-order valence-corrected chi connectivity index (χ4v) is 2.39. The van der Waals surface area contributed by atoms with E-state index in [1.54, 1.807) is 17.0 Å². The third-order valence-electron chi connectivity index (χ3n) is 3.48. The molecule has 2 rings (SSSR count). The van der Waals surface area contributed by atoms with Crippen LogP contribution in [0, 0.1) is 16.0 Å². The van der Waals surface area contributed by atoms with E-state index in [9.17, 15) is 15.2 Å². The standard InChI is InChI=1S/C12H15ClN2O3/c1-8(2)12(16)6-14(7-12)11-9(13)4-3-5-10(11)15(17)18/h3-5,8,16H,6-7H2,1-2H3. The van der Waals surface area contributed by atoms with Crippen molar-refractivity contribution < 1.29 is 10.0 Å². The van der Waals surface area contributed by atoms with E-state index in [1.807, 2.05) is 13.8 Å². The van der Waals surface area contributed by atoms with Crippen molar-refractivity contribution >= 4 is 23.0 Å².